The lowest BCUT2D eigenvalue weighted by Gasteiger charge is -2.06. The first-order chi connectivity index (χ1) is 8.15. The maximum atomic E-state index is 9.51. The number of aromatic nitrogens is 1. The maximum absolute atomic E-state index is 9.51. The Bertz CT molecular complexity index is 494. The highest BCUT2D eigenvalue weighted by molar-refractivity contribution is 7.99. The van der Waals surface area contributed by atoms with Crippen LogP contribution in [-0.2, 0) is 0 Å². The van der Waals surface area contributed by atoms with Crippen LogP contribution in [0.15, 0.2) is 52.5 Å². The van der Waals surface area contributed by atoms with Crippen molar-refractivity contribution in [2.45, 2.75) is 29.9 Å². The van der Waals surface area contributed by atoms with Crippen LogP contribution in [0.4, 0.5) is 0 Å². The van der Waals surface area contributed by atoms with Gasteiger partial charge in [-0.05, 0) is 43.7 Å². The Morgan fingerprint density at radius 2 is 1.88 bits per heavy atom. The molecule has 0 aliphatic rings. The van der Waals surface area contributed by atoms with Gasteiger partial charge in [0.1, 0.15) is 5.03 Å². The molecule has 2 aromatic rings. The van der Waals surface area contributed by atoms with Crippen LogP contribution in [0.3, 0.4) is 0 Å². The van der Waals surface area contributed by atoms with E-state index in [0.29, 0.717) is 0 Å². The first kappa shape index (κ1) is 12.1. The van der Waals surface area contributed by atoms with E-state index in [4.69, 9.17) is 0 Å². The molecule has 3 heteroatoms. The number of benzene rings is 1. The van der Waals surface area contributed by atoms with Crippen molar-refractivity contribution in [2.24, 2.45) is 0 Å². The molecule has 0 spiro atoms. The molecule has 0 amide bonds. The molecule has 0 saturated heterocycles. The summed E-state index contributed by atoms with van der Waals surface area (Å²) < 4.78 is 0. The molecule has 0 aliphatic heterocycles. The van der Waals surface area contributed by atoms with Gasteiger partial charge in [0, 0.05) is 11.1 Å². The average molecular weight is 245 g/mol. The molecule has 0 bridgehead atoms. The van der Waals surface area contributed by atoms with Gasteiger partial charge in [0.25, 0.3) is 0 Å². The Morgan fingerprint density at radius 3 is 2.53 bits per heavy atom. The van der Waals surface area contributed by atoms with E-state index in [1.54, 1.807) is 24.9 Å². The van der Waals surface area contributed by atoms with Gasteiger partial charge in [-0.1, -0.05) is 29.5 Å². The van der Waals surface area contributed by atoms with Gasteiger partial charge in [0.15, 0.2) is 0 Å². The molecule has 1 N–H and O–H groups in total. The van der Waals surface area contributed by atoms with E-state index in [9.17, 15) is 5.11 Å². The van der Waals surface area contributed by atoms with Crippen LogP contribution in [0, 0.1) is 6.92 Å². The van der Waals surface area contributed by atoms with E-state index in [0.717, 1.165) is 15.5 Å². The van der Waals surface area contributed by atoms with Crippen LogP contribution >= 0.6 is 11.8 Å². The molecule has 1 unspecified atom stereocenters. The standard InChI is InChI=1S/C14H15NOS/c1-10-3-5-13(6-4-10)17-14-9-12(11(2)16)7-8-15-14/h3-9,11,16H,1-2H3. The number of rotatable bonds is 3. The number of pyridine rings is 1. The van der Waals surface area contributed by atoms with E-state index in [2.05, 4.69) is 36.2 Å². The second-order valence-electron chi connectivity index (χ2n) is 4.02. The predicted molar refractivity (Wildman–Crippen MR) is 70.2 cm³/mol. The summed E-state index contributed by atoms with van der Waals surface area (Å²) in [5.41, 5.74) is 2.15. The molecular weight excluding hydrogens is 230 g/mol. The number of hydrogen-bond acceptors (Lipinski definition) is 3. The summed E-state index contributed by atoms with van der Waals surface area (Å²) in [4.78, 5) is 5.45. The van der Waals surface area contributed by atoms with Crippen LogP contribution in [0.25, 0.3) is 0 Å². The van der Waals surface area contributed by atoms with Gasteiger partial charge in [0.05, 0.1) is 6.10 Å². The monoisotopic (exact) mass is 245 g/mol. The summed E-state index contributed by atoms with van der Waals surface area (Å²) in [6, 6.07) is 12.1. The van der Waals surface area contributed by atoms with E-state index in [-0.39, 0.29) is 0 Å². The van der Waals surface area contributed by atoms with E-state index < -0.39 is 6.10 Å². The molecule has 1 atom stereocenters. The first-order valence-electron chi connectivity index (χ1n) is 5.54. The number of aliphatic hydroxyl groups is 1. The minimum absolute atomic E-state index is 0.449. The van der Waals surface area contributed by atoms with Crippen molar-refractivity contribution in [1.82, 2.24) is 4.98 Å². The van der Waals surface area contributed by atoms with Gasteiger partial charge >= 0.3 is 0 Å². The van der Waals surface area contributed by atoms with Gasteiger partial charge in [-0.2, -0.15) is 0 Å². The topological polar surface area (TPSA) is 33.1 Å². The Hall–Kier alpha value is -1.32. The van der Waals surface area contributed by atoms with Gasteiger partial charge in [-0.3, -0.25) is 0 Å². The lowest BCUT2D eigenvalue weighted by Crippen LogP contribution is -1.92. The van der Waals surface area contributed by atoms with Gasteiger partial charge in [0.2, 0.25) is 0 Å². The summed E-state index contributed by atoms with van der Waals surface area (Å²) in [5.74, 6) is 0. The van der Waals surface area contributed by atoms with Crippen molar-refractivity contribution < 1.29 is 5.11 Å². The molecule has 1 aromatic heterocycles. The fourth-order valence-corrected chi connectivity index (χ4v) is 2.29. The predicted octanol–water partition coefficient (Wildman–Crippen LogP) is 3.59. The van der Waals surface area contributed by atoms with Gasteiger partial charge in [-0.25, -0.2) is 4.98 Å². The molecule has 1 aromatic carbocycles. The van der Waals surface area contributed by atoms with E-state index >= 15 is 0 Å². The zero-order chi connectivity index (χ0) is 12.3. The fourth-order valence-electron chi connectivity index (χ4n) is 1.47. The maximum Gasteiger partial charge on any atom is 0.101 e. The van der Waals surface area contributed by atoms with Crippen molar-refractivity contribution in [3.8, 4) is 0 Å². The molecule has 1 heterocycles. The Labute approximate surface area is 106 Å². The largest absolute Gasteiger partial charge is 0.389 e. The molecular formula is C14H15NOS. The lowest BCUT2D eigenvalue weighted by molar-refractivity contribution is 0.199. The summed E-state index contributed by atoms with van der Waals surface area (Å²) in [6.07, 6.45) is 1.29. The third-order valence-corrected chi connectivity index (χ3v) is 3.42. The third kappa shape index (κ3) is 3.32. The second-order valence-corrected chi connectivity index (χ2v) is 5.11. The van der Waals surface area contributed by atoms with Crippen molar-refractivity contribution in [2.75, 3.05) is 0 Å². The molecule has 0 radical (unpaired) electrons. The third-order valence-electron chi connectivity index (χ3n) is 2.48. The van der Waals surface area contributed by atoms with Crippen molar-refractivity contribution >= 4 is 11.8 Å². The van der Waals surface area contributed by atoms with Crippen LogP contribution in [0.5, 0.6) is 0 Å². The molecule has 0 saturated carbocycles. The number of nitrogens with zero attached hydrogens (tertiary/aromatic N) is 1. The molecule has 2 nitrogen and oxygen atoms in total. The Kier molecular flexibility index (Phi) is 3.82. The molecule has 17 heavy (non-hydrogen) atoms. The Morgan fingerprint density at radius 1 is 1.18 bits per heavy atom. The smallest absolute Gasteiger partial charge is 0.101 e. The van der Waals surface area contributed by atoms with Crippen LogP contribution in [0.2, 0.25) is 0 Å². The van der Waals surface area contributed by atoms with Crippen LogP contribution < -0.4 is 0 Å². The normalized spacial score (nSPS) is 12.4. The zero-order valence-corrected chi connectivity index (χ0v) is 10.7. The average Bonchev–Trinajstić information content (AvgIpc) is 2.32. The minimum atomic E-state index is -0.449. The number of hydrogen-bond donors (Lipinski definition) is 1. The molecule has 0 fully saturated rings. The number of aliphatic hydroxyl groups excluding tert-OH is 1. The summed E-state index contributed by atoms with van der Waals surface area (Å²) in [5, 5.41) is 10.4. The quantitative estimate of drug-likeness (QED) is 0.897. The van der Waals surface area contributed by atoms with Gasteiger partial charge in [-0.15, -0.1) is 0 Å². The summed E-state index contributed by atoms with van der Waals surface area (Å²) in [6.45, 7) is 3.83. The van der Waals surface area contributed by atoms with Crippen molar-refractivity contribution in [3.63, 3.8) is 0 Å². The van der Waals surface area contributed by atoms with Crippen LogP contribution in [-0.4, -0.2) is 10.1 Å². The molecule has 88 valence electrons. The number of aryl methyl sites for hydroxylation is 1. The van der Waals surface area contributed by atoms with Crippen molar-refractivity contribution in [1.29, 1.82) is 0 Å². The second kappa shape index (κ2) is 5.34. The van der Waals surface area contributed by atoms with Crippen LogP contribution in [0.1, 0.15) is 24.2 Å². The Balaban J connectivity index is 2.18. The highest BCUT2D eigenvalue weighted by Gasteiger charge is 2.04. The van der Waals surface area contributed by atoms with Crippen molar-refractivity contribution in [3.05, 3.63) is 53.7 Å². The van der Waals surface area contributed by atoms with E-state index in [1.165, 1.54) is 5.56 Å². The fraction of sp³-hybridized carbons (Fsp3) is 0.214. The summed E-state index contributed by atoms with van der Waals surface area (Å²) >= 11 is 1.61. The zero-order valence-electron chi connectivity index (χ0n) is 9.92. The molecule has 0 aliphatic carbocycles. The highest BCUT2D eigenvalue weighted by atomic mass is 32.2. The first-order valence-corrected chi connectivity index (χ1v) is 6.35. The molecule has 2 rings (SSSR count). The highest BCUT2D eigenvalue weighted by Crippen LogP contribution is 2.27. The lowest BCUT2D eigenvalue weighted by atomic mass is 10.2. The minimum Gasteiger partial charge on any atom is -0.389 e. The van der Waals surface area contributed by atoms with E-state index in [1.807, 2.05) is 12.1 Å². The van der Waals surface area contributed by atoms with Gasteiger partial charge < -0.3 is 5.11 Å². The SMILES string of the molecule is Cc1ccc(Sc2cc(C(C)O)ccn2)cc1. The summed E-state index contributed by atoms with van der Waals surface area (Å²) in [7, 11) is 0.